The maximum absolute atomic E-state index is 11.7. The second-order valence-corrected chi connectivity index (χ2v) is 6.79. The van der Waals surface area contributed by atoms with Crippen LogP contribution < -0.4 is 4.90 Å². The fourth-order valence-electron chi connectivity index (χ4n) is 1.91. The molecule has 0 aromatic heterocycles. The average Bonchev–Trinajstić information content (AvgIpc) is 2.52. The third kappa shape index (κ3) is 4.92. The minimum Gasteiger partial charge on any atom is -0.328 e. The van der Waals surface area contributed by atoms with Crippen LogP contribution in [0.1, 0.15) is 40.5 Å². The molecule has 2 unspecified atom stereocenters. The van der Waals surface area contributed by atoms with Crippen molar-refractivity contribution >= 4 is 17.8 Å². The molecule has 1 N–H and O–H groups in total. The van der Waals surface area contributed by atoms with Crippen LogP contribution >= 0.6 is 0 Å². The summed E-state index contributed by atoms with van der Waals surface area (Å²) in [5.74, 6) is -1.83. The van der Waals surface area contributed by atoms with Gasteiger partial charge in [0, 0.05) is 18.8 Å². The van der Waals surface area contributed by atoms with Gasteiger partial charge in [0.05, 0.1) is 13.6 Å². The SMILES string of the molecule is CC1CC(=O)N(OC(=O)C[NH+](C)CCC(C)(C)C)C1=O. The van der Waals surface area contributed by atoms with Gasteiger partial charge in [-0.15, -0.1) is 5.06 Å². The van der Waals surface area contributed by atoms with Gasteiger partial charge >= 0.3 is 5.97 Å². The Morgan fingerprint density at radius 1 is 1.40 bits per heavy atom. The maximum atomic E-state index is 11.7. The maximum Gasteiger partial charge on any atom is 0.387 e. The monoisotopic (exact) mass is 285 g/mol. The number of likely N-dealkylation sites (N-methyl/N-ethyl adjacent to an activating group) is 1. The van der Waals surface area contributed by atoms with Crippen molar-refractivity contribution in [1.29, 1.82) is 0 Å². The standard InChI is InChI=1S/C14H24N2O4/c1-10-8-11(17)16(13(10)19)20-12(18)9-15(5)7-6-14(2,3)4/h10H,6-9H2,1-5H3/p+1. The van der Waals surface area contributed by atoms with E-state index in [-0.39, 0.29) is 18.4 Å². The highest BCUT2D eigenvalue weighted by atomic mass is 16.7. The van der Waals surface area contributed by atoms with Crippen LogP contribution in [0.3, 0.4) is 0 Å². The van der Waals surface area contributed by atoms with Crippen molar-refractivity contribution in [3.63, 3.8) is 0 Å². The number of carbonyl (C=O) groups excluding carboxylic acids is 3. The molecular formula is C14H25N2O4+. The fourth-order valence-corrected chi connectivity index (χ4v) is 1.91. The molecule has 0 spiro atoms. The predicted octanol–water partition coefficient (Wildman–Crippen LogP) is -0.209. The lowest BCUT2D eigenvalue weighted by molar-refractivity contribution is -0.873. The molecule has 1 rings (SSSR count). The van der Waals surface area contributed by atoms with Crippen LogP contribution in [0.4, 0.5) is 0 Å². The first-order valence-corrected chi connectivity index (χ1v) is 6.99. The Bertz CT molecular complexity index is 400. The van der Waals surface area contributed by atoms with Gasteiger partial charge in [-0.2, -0.15) is 0 Å². The van der Waals surface area contributed by atoms with Gasteiger partial charge in [-0.3, -0.25) is 9.59 Å². The van der Waals surface area contributed by atoms with Crippen LogP contribution in [-0.4, -0.2) is 43.0 Å². The Morgan fingerprint density at radius 2 is 2.00 bits per heavy atom. The first kappa shape index (κ1) is 16.6. The normalized spacial score (nSPS) is 21.2. The van der Waals surface area contributed by atoms with E-state index >= 15 is 0 Å². The van der Waals surface area contributed by atoms with Crippen molar-refractivity contribution in [2.45, 2.75) is 40.5 Å². The van der Waals surface area contributed by atoms with E-state index in [1.807, 2.05) is 7.05 Å². The quantitative estimate of drug-likeness (QED) is 0.710. The highest BCUT2D eigenvalue weighted by molar-refractivity contribution is 6.02. The molecule has 0 saturated carbocycles. The summed E-state index contributed by atoms with van der Waals surface area (Å²) in [4.78, 5) is 40.7. The summed E-state index contributed by atoms with van der Waals surface area (Å²) in [6.45, 7) is 9.04. The molecule has 1 fully saturated rings. The van der Waals surface area contributed by atoms with Crippen molar-refractivity contribution in [2.75, 3.05) is 20.1 Å². The molecule has 0 radical (unpaired) electrons. The number of rotatable bonds is 5. The van der Waals surface area contributed by atoms with Crippen LogP contribution in [0, 0.1) is 11.3 Å². The summed E-state index contributed by atoms with van der Waals surface area (Å²) in [5, 5.41) is 0.615. The zero-order valence-corrected chi connectivity index (χ0v) is 13.0. The van der Waals surface area contributed by atoms with Gasteiger partial charge < -0.3 is 9.74 Å². The lowest BCUT2D eigenvalue weighted by Crippen LogP contribution is -3.10. The lowest BCUT2D eigenvalue weighted by Gasteiger charge is -2.21. The van der Waals surface area contributed by atoms with Crippen LogP contribution in [0.5, 0.6) is 0 Å². The zero-order chi connectivity index (χ0) is 15.5. The summed E-state index contributed by atoms with van der Waals surface area (Å²) < 4.78 is 0. The number of hydroxylamine groups is 2. The Kier molecular flexibility index (Phi) is 5.28. The van der Waals surface area contributed by atoms with Crippen molar-refractivity contribution in [1.82, 2.24) is 5.06 Å². The van der Waals surface area contributed by atoms with Gasteiger partial charge in [0.1, 0.15) is 0 Å². The van der Waals surface area contributed by atoms with E-state index in [0.29, 0.717) is 5.06 Å². The molecule has 1 saturated heterocycles. The van der Waals surface area contributed by atoms with E-state index in [4.69, 9.17) is 4.84 Å². The molecule has 114 valence electrons. The molecule has 6 heteroatoms. The van der Waals surface area contributed by atoms with Crippen molar-refractivity contribution < 1.29 is 24.1 Å². The summed E-state index contributed by atoms with van der Waals surface area (Å²) in [5.41, 5.74) is 0.210. The van der Waals surface area contributed by atoms with E-state index in [2.05, 4.69) is 20.8 Å². The van der Waals surface area contributed by atoms with Crippen molar-refractivity contribution in [3.8, 4) is 0 Å². The number of nitrogens with one attached hydrogen (secondary N) is 1. The first-order valence-electron chi connectivity index (χ1n) is 6.99. The topological polar surface area (TPSA) is 68.1 Å². The predicted molar refractivity (Wildman–Crippen MR) is 72.4 cm³/mol. The lowest BCUT2D eigenvalue weighted by atomic mass is 9.92. The van der Waals surface area contributed by atoms with Crippen molar-refractivity contribution in [2.24, 2.45) is 11.3 Å². The van der Waals surface area contributed by atoms with Crippen LogP contribution in [0.25, 0.3) is 0 Å². The largest absolute Gasteiger partial charge is 0.387 e. The average molecular weight is 285 g/mol. The molecule has 0 aromatic rings. The fraction of sp³-hybridized carbons (Fsp3) is 0.786. The minimum absolute atomic E-state index is 0.110. The summed E-state index contributed by atoms with van der Waals surface area (Å²) in [6.07, 6.45) is 1.09. The van der Waals surface area contributed by atoms with E-state index in [1.54, 1.807) is 6.92 Å². The molecule has 2 atom stereocenters. The van der Waals surface area contributed by atoms with E-state index in [0.717, 1.165) is 17.9 Å². The molecular weight excluding hydrogens is 260 g/mol. The molecule has 1 aliphatic rings. The van der Waals surface area contributed by atoms with Crippen LogP contribution in [0.2, 0.25) is 0 Å². The molecule has 1 heterocycles. The molecule has 0 bridgehead atoms. The molecule has 6 nitrogen and oxygen atoms in total. The zero-order valence-electron chi connectivity index (χ0n) is 13.0. The van der Waals surface area contributed by atoms with Gasteiger partial charge in [-0.1, -0.05) is 27.7 Å². The number of nitrogens with zero attached hydrogens (tertiary/aromatic N) is 1. The summed E-state index contributed by atoms with van der Waals surface area (Å²) >= 11 is 0. The number of hydrogen-bond acceptors (Lipinski definition) is 4. The molecule has 1 aliphatic heterocycles. The number of imide groups is 1. The van der Waals surface area contributed by atoms with Gasteiger partial charge in [0.25, 0.3) is 11.8 Å². The number of amides is 2. The molecule has 0 aromatic carbocycles. The number of quaternary nitrogens is 1. The molecule has 2 amide bonds. The summed E-state index contributed by atoms with van der Waals surface area (Å²) in [7, 11) is 1.89. The second kappa shape index (κ2) is 6.35. The highest BCUT2D eigenvalue weighted by Crippen LogP contribution is 2.19. The van der Waals surface area contributed by atoms with Crippen LogP contribution in [-0.2, 0) is 19.2 Å². The van der Waals surface area contributed by atoms with Gasteiger partial charge in [-0.25, -0.2) is 4.79 Å². The first-order chi connectivity index (χ1) is 9.10. The minimum atomic E-state index is -0.549. The Hall–Kier alpha value is -1.43. The third-order valence-electron chi connectivity index (χ3n) is 3.27. The number of hydrogen-bond donors (Lipinski definition) is 1. The molecule has 0 aliphatic carbocycles. The van der Waals surface area contributed by atoms with Gasteiger partial charge in [0.2, 0.25) is 0 Å². The smallest absolute Gasteiger partial charge is 0.328 e. The Balaban J connectivity index is 2.40. The van der Waals surface area contributed by atoms with Crippen LogP contribution in [0.15, 0.2) is 0 Å². The number of carbonyl (C=O) groups is 3. The van der Waals surface area contributed by atoms with Crippen molar-refractivity contribution in [3.05, 3.63) is 0 Å². The van der Waals surface area contributed by atoms with Gasteiger partial charge in [-0.05, 0) is 5.41 Å². The Labute approximate surface area is 120 Å². The van der Waals surface area contributed by atoms with E-state index < -0.39 is 23.7 Å². The van der Waals surface area contributed by atoms with E-state index in [9.17, 15) is 14.4 Å². The van der Waals surface area contributed by atoms with Gasteiger partial charge in [0.15, 0.2) is 6.54 Å². The third-order valence-corrected chi connectivity index (χ3v) is 3.27. The molecule has 20 heavy (non-hydrogen) atoms. The second-order valence-electron chi connectivity index (χ2n) is 6.79. The highest BCUT2D eigenvalue weighted by Gasteiger charge is 2.39. The Morgan fingerprint density at radius 3 is 2.45 bits per heavy atom. The summed E-state index contributed by atoms with van der Waals surface area (Å²) in [6, 6.07) is 0. The van der Waals surface area contributed by atoms with E-state index in [1.165, 1.54) is 0 Å².